The fourth-order valence-electron chi connectivity index (χ4n) is 5.36. The largest absolute Gasteiger partial charge is 0.455 e. The van der Waals surface area contributed by atoms with Crippen molar-refractivity contribution in [2.24, 2.45) is 5.92 Å². The molecule has 0 bridgehead atoms. The van der Waals surface area contributed by atoms with Crippen molar-refractivity contribution in [3.05, 3.63) is 120 Å². The summed E-state index contributed by atoms with van der Waals surface area (Å²) in [5.41, 5.74) is 4.69. The number of ether oxygens (including phenoxy) is 1. The molecule has 2 amide bonds. The molecule has 218 valence electrons. The number of aliphatic hydroxyl groups is 1. The highest BCUT2D eigenvalue weighted by Gasteiger charge is 2.28. The van der Waals surface area contributed by atoms with E-state index in [4.69, 9.17) is 4.74 Å². The number of aliphatic hydroxyl groups excluding tert-OH is 1. The predicted octanol–water partition coefficient (Wildman–Crippen LogP) is 5.60. The Kier molecular flexibility index (Phi) is 8.73. The van der Waals surface area contributed by atoms with Gasteiger partial charge in [-0.2, -0.15) is 0 Å². The number of benzene rings is 1. The molecule has 5 rings (SSSR count). The lowest BCUT2D eigenvalue weighted by molar-refractivity contribution is -0.129. The number of anilines is 1. The molecule has 7 nitrogen and oxygen atoms in total. The first-order chi connectivity index (χ1) is 20.2. The summed E-state index contributed by atoms with van der Waals surface area (Å²) in [6.07, 6.45) is 13.4. The Morgan fingerprint density at radius 3 is 2.86 bits per heavy atom. The van der Waals surface area contributed by atoms with Crippen LogP contribution in [0.25, 0.3) is 5.57 Å². The maximum atomic E-state index is 14.8. The first kappa shape index (κ1) is 29.1. The van der Waals surface area contributed by atoms with E-state index in [-0.39, 0.29) is 30.0 Å². The molecule has 4 aliphatic rings. The van der Waals surface area contributed by atoms with Gasteiger partial charge < -0.3 is 25.4 Å². The molecule has 1 saturated heterocycles. The van der Waals surface area contributed by atoms with Crippen molar-refractivity contribution in [3.63, 3.8) is 0 Å². The first-order valence-corrected chi connectivity index (χ1v) is 14.2. The zero-order chi connectivity index (χ0) is 29.8. The second-order valence-electron chi connectivity index (χ2n) is 11.0. The van der Waals surface area contributed by atoms with Crippen molar-refractivity contribution in [1.82, 2.24) is 10.2 Å². The number of nitrogens with one attached hydrogen (secondary N) is 2. The molecular weight excluding hydrogens is 533 g/mol. The Hall–Kier alpha value is -4.43. The third kappa shape index (κ3) is 6.71. The minimum atomic E-state index is -0.608. The van der Waals surface area contributed by atoms with Gasteiger partial charge in [-0.05, 0) is 91.8 Å². The fourth-order valence-corrected chi connectivity index (χ4v) is 5.36. The molecule has 3 N–H and O–H groups in total. The van der Waals surface area contributed by atoms with Crippen molar-refractivity contribution in [1.29, 1.82) is 0 Å². The maximum absolute atomic E-state index is 14.8. The van der Waals surface area contributed by atoms with Gasteiger partial charge in [0.1, 0.15) is 5.76 Å². The summed E-state index contributed by atoms with van der Waals surface area (Å²) in [6.45, 7) is 11.0. The van der Waals surface area contributed by atoms with E-state index >= 15 is 0 Å². The number of hydrogen-bond acceptors (Lipinski definition) is 5. The summed E-state index contributed by atoms with van der Waals surface area (Å²) in [6, 6.07) is 7.07. The summed E-state index contributed by atoms with van der Waals surface area (Å²) in [5.74, 6) is -1.14. The molecule has 8 heteroatoms. The summed E-state index contributed by atoms with van der Waals surface area (Å²) < 4.78 is 20.8. The number of likely N-dealkylation sites (tertiary alicyclic amines) is 1. The van der Waals surface area contributed by atoms with Crippen molar-refractivity contribution in [2.75, 3.05) is 18.4 Å². The van der Waals surface area contributed by atoms with E-state index in [2.05, 4.69) is 23.8 Å². The summed E-state index contributed by atoms with van der Waals surface area (Å²) >= 11 is 0. The summed E-state index contributed by atoms with van der Waals surface area (Å²) in [7, 11) is 0. The molecule has 1 aromatic carbocycles. The Balaban J connectivity index is 1.29. The molecule has 0 aromatic heterocycles. The smallest absolute Gasteiger partial charge is 0.253 e. The Morgan fingerprint density at radius 2 is 2.07 bits per heavy atom. The predicted molar refractivity (Wildman–Crippen MR) is 162 cm³/mol. The van der Waals surface area contributed by atoms with E-state index in [1.54, 1.807) is 29.3 Å². The number of piperidine rings is 1. The van der Waals surface area contributed by atoms with Crippen molar-refractivity contribution < 1.29 is 23.8 Å². The average Bonchev–Trinajstić information content (AvgIpc) is 2.98. The second-order valence-corrected chi connectivity index (χ2v) is 11.0. The number of dihydropyridines is 1. The lowest BCUT2D eigenvalue weighted by Gasteiger charge is -2.32. The number of allylic oxidation sites excluding steroid dienone is 5. The third-order valence-corrected chi connectivity index (χ3v) is 7.73. The van der Waals surface area contributed by atoms with E-state index in [0.717, 1.165) is 28.7 Å². The molecule has 0 saturated carbocycles. The molecule has 2 heterocycles. The van der Waals surface area contributed by atoms with Gasteiger partial charge in [-0.1, -0.05) is 36.9 Å². The molecule has 2 aliphatic heterocycles. The van der Waals surface area contributed by atoms with E-state index in [1.165, 1.54) is 12.2 Å². The lowest BCUT2D eigenvalue weighted by Crippen LogP contribution is -2.43. The van der Waals surface area contributed by atoms with Gasteiger partial charge in [-0.15, -0.1) is 0 Å². The molecule has 2 aliphatic carbocycles. The number of rotatable bonds is 7. The van der Waals surface area contributed by atoms with Crippen LogP contribution in [0.4, 0.5) is 10.1 Å². The molecule has 0 radical (unpaired) electrons. The van der Waals surface area contributed by atoms with Crippen LogP contribution in [0.1, 0.15) is 38.2 Å². The fraction of sp³-hybridized carbons (Fsp3) is 0.294. The average molecular weight is 570 g/mol. The lowest BCUT2D eigenvalue weighted by atomic mass is 9.88. The van der Waals surface area contributed by atoms with Crippen molar-refractivity contribution in [3.8, 4) is 0 Å². The van der Waals surface area contributed by atoms with Crippen LogP contribution in [-0.4, -0.2) is 47.1 Å². The van der Waals surface area contributed by atoms with Gasteiger partial charge in [0, 0.05) is 30.5 Å². The molecule has 3 atom stereocenters. The first-order valence-electron chi connectivity index (χ1n) is 14.2. The Bertz CT molecular complexity index is 1500. The Morgan fingerprint density at radius 1 is 1.24 bits per heavy atom. The number of nitrogens with zero attached hydrogens (tertiary/aromatic N) is 1. The third-order valence-electron chi connectivity index (χ3n) is 7.73. The number of halogens is 1. The number of β-amino-alcohol motifs (C(OH)–C–C–N with tert-alkyl or cyclic N) is 1. The number of amides is 2. The van der Waals surface area contributed by atoms with Crippen LogP contribution >= 0.6 is 0 Å². The second kappa shape index (κ2) is 12.6. The van der Waals surface area contributed by atoms with Crippen LogP contribution in [0.5, 0.6) is 0 Å². The SMILES string of the molecule is C=C1CC=C(C(=O)N2CCCC(O)C2)C=C1C1C=C(OC2=CC(C(=O)Nc3cccc(C(=C)C)c3)CC=C2F)C=CN1. The summed E-state index contributed by atoms with van der Waals surface area (Å²) in [4.78, 5) is 27.9. The van der Waals surface area contributed by atoms with E-state index in [0.29, 0.717) is 43.0 Å². The van der Waals surface area contributed by atoms with Gasteiger partial charge in [0.15, 0.2) is 11.6 Å². The van der Waals surface area contributed by atoms with Crippen LogP contribution in [0, 0.1) is 5.92 Å². The van der Waals surface area contributed by atoms with Gasteiger partial charge in [0.25, 0.3) is 5.91 Å². The monoisotopic (exact) mass is 569 g/mol. The number of carbonyl (C=O) groups is 2. The van der Waals surface area contributed by atoms with Crippen LogP contribution in [-0.2, 0) is 14.3 Å². The van der Waals surface area contributed by atoms with Crippen LogP contribution < -0.4 is 10.6 Å². The Labute approximate surface area is 245 Å². The molecular formula is C34H36FN3O4. The van der Waals surface area contributed by atoms with E-state index in [9.17, 15) is 19.1 Å². The van der Waals surface area contributed by atoms with Crippen LogP contribution in [0.2, 0.25) is 0 Å². The van der Waals surface area contributed by atoms with Gasteiger partial charge >= 0.3 is 0 Å². The van der Waals surface area contributed by atoms with Crippen LogP contribution in [0.15, 0.2) is 114 Å². The zero-order valence-corrected chi connectivity index (χ0v) is 23.7. The van der Waals surface area contributed by atoms with Crippen molar-refractivity contribution in [2.45, 2.75) is 44.8 Å². The minimum Gasteiger partial charge on any atom is -0.455 e. The summed E-state index contributed by atoms with van der Waals surface area (Å²) in [5, 5.41) is 16.2. The topological polar surface area (TPSA) is 90.9 Å². The zero-order valence-electron chi connectivity index (χ0n) is 23.7. The van der Waals surface area contributed by atoms with Crippen LogP contribution in [0.3, 0.4) is 0 Å². The normalized spacial score (nSPS) is 23.9. The maximum Gasteiger partial charge on any atom is 0.253 e. The van der Waals surface area contributed by atoms with Gasteiger partial charge in [-0.25, -0.2) is 4.39 Å². The van der Waals surface area contributed by atoms with E-state index in [1.807, 2.05) is 37.3 Å². The highest BCUT2D eigenvalue weighted by atomic mass is 19.1. The number of hydrogen-bond donors (Lipinski definition) is 3. The quantitative estimate of drug-likeness (QED) is 0.398. The molecule has 1 fully saturated rings. The van der Waals surface area contributed by atoms with Gasteiger partial charge in [0.05, 0.1) is 18.1 Å². The molecule has 3 unspecified atom stereocenters. The molecule has 1 aromatic rings. The van der Waals surface area contributed by atoms with Gasteiger partial charge in [-0.3, -0.25) is 9.59 Å². The standard InChI is InChI=1S/C34H36FN3O4/c1-21(2)23-6-4-7-26(16-23)37-33(40)24-11-12-30(35)32(18-24)42-28-13-14-36-31(19-28)29-17-25(10-9-22(29)3)34(41)38-15-5-8-27(39)20-38/h4,6-7,10,12-14,16-19,24,27,31,36,39H,1,3,5,8-9,11,15,20H2,2H3,(H,37,40). The van der Waals surface area contributed by atoms with E-state index < -0.39 is 17.8 Å². The molecule has 0 spiro atoms. The highest BCUT2D eigenvalue weighted by molar-refractivity contribution is 5.97. The molecule has 42 heavy (non-hydrogen) atoms. The van der Waals surface area contributed by atoms with Gasteiger partial charge in [0.2, 0.25) is 5.91 Å². The highest BCUT2D eigenvalue weighted by Crippen LogP contribution is 2.32. The van der Waals surface area contributed by atoms with Crippen molar-refractivity contribution >= 4 is 23.1 Å². The minimum absolute atomic E-state index is 0.0236. The number of carbonyl (C=O) groups excluding carboxylic acids is 2.